The minimum Gasteiger partial charge on any atom is -0.361 e. The summed E-state index contributed by atoms with van der Waals surface area (Å²) in [5.41, 5.74) is 2.50. The SMILES string of the molecule is CCN(Cc1c[nH]c2ccccc12)c1ccnc(C2CC2)n1. The predicted octanol–water partition coefficient (Wildman–Crippen LogP) is 3.86. The van der Waals surface area contributed by atoms with E-state index in [0.717, 1.165) is 24.7 Å². The molecule has 2 heterocycles. The van der Waals surface area contributed by atoms with Crippen molar-refractivity contribution in [3.05, 3.63) is 54.1 Å². The fourth-order valence-electron chi connectivity index (χ4n) is 2.90. The van der Waals surface area contributed by atoms with Crippen molar-refractivity contribution in [3.8, 4) is 0 Å². The molecule has 1 fully saturated rings. The zero-order valence-electron chi connectivity index (χ0n) is 12.8. The number of aromatic amines is 1. The van der Waals surface area contributed by atoms with E-state index >= 15 is 0 Å². The van der Waals surface area contributed by atoms with Gasteiger partial charge in [0, 0.05) is 42.3 Å². The highest BCUT2D eigenvalue weighted by Gasteiger charge is 2.27. The van der Waals surface area contributed by atoms with Gasteiger partial charge in [0.1, 0.15) is 11.6 Å². The summed E-state index contributed by atoms with van der Waals surface area (Å²) in [6.45, 7) is 3.97. The van der Waals surface area contributed by atoms with E-state index in [9.17, 15) is 0 Å². The highest BCUT2D eigenvalue weighted by Crippen LogP contribution is 2.38. The maximum Gasteiger partial charge on any atom is 0.133 e. The molecule has 0 amide bonds. The molecule has 2 aromatic heterocycles. The molecule has 0 bridgehead atoms. The molecule has 112 valence electrons. The summed E-state index contributed by atoms with van der Waals surface area (Å²) >= 11 is 0. The lowest BCUT2D eigenvalue weighted by Crippen LogP contribution is -2.23. The maximum absolute atomic E-state index is 4.77. The van der Waals surface area contributed by atoms with Gasteiger partial charge in [-0.1, -0.05) is 18.2 Å². The molecule has 1 N–H and O–H groups in total. The smallest absolute Gasteiger partial charge is 0.133 e. The van der Waals surface area contributed by atoms with Crippen LogP contribution in [0.3, 0.4) is 0 Å². The standard InChI is InChI=1S/C18H20N4/c1-2-22(17-9-10-19-18(21-17)13-7-8-13)12-14-11-20-16-6-4-3-5-15(14)16/h3-6,9-11,13,20H,2,7-8,12H2,1H3. The normalized spacial score (nSPS) is 14.4. The Morgan fingerprint density at radius 2 is 2.09 bits per heavy atom. The van der Waals surface area contributed by atoms with Gasteiger partial charge in [-0.15, -0.1) is 0 Å². The number of aromatic nitrogens is 3. The average molecular weight is 292 g/mol. The Labute approximate surface area is 130 Å². The zero-order valence-corrected chi connectivity index (χ0v) is 12.8. The molecule has 1 aliphatic carbocycles. The Kier molecular flexibility index (Phi) is 3.29. The van der Waals surface area contributed by atoms with Crippen LogP contribution >= 0.6 is 0 Å². The number of hydrogen-bond acceptors (Lipinski definition) is 3. The van der Waals surface area contributed by atoms with E-state index < -0.39 is 0 Å². The Hall–Kier alpha value is -2.36. The second-order valence-corrected chi connectivity index (χ2v) is 5.92. The minimum absolute atomic E-state index is 0.590. The molecule has 0 aliphatic heterocycles. The van der Waals surface area contributed by atoms with Crippen molar-refractivity contribution >= 4 is 16.7 Å². The zero-order chi connectivity index (χ0) is 14.9. The number of para-hydroxylation sites is 1. The third-order valence-electron chi connectivity index (χ3n) is 4.34. The third-order valence-corrected chi connectivity index (χ3v) is 4.34. The van der Waals surface area contributed by atoms with Gasteiger partial charge < -0.3 is 9.88 Å². The summed E-state index contributed by atoms with van der Waals surface area (Å²) in [5.74, 6) is 2.63. The molecule has 1 saturated carbocycles. The molecule has 3 aromatic rings. The number of hydrogen-bond donors (Lipinski definition) is 1. The molecular weight excluding hydrogens is 272 g/mol. The lowest BCUT2D eigenvalue weighted by molar-refractivity contribution is 0.797. The van der Waals surface area contributed by atoms with E-state index in [2.05, 4.69) is 52.3 Å². The van der Waals surface area contributed by atoms with Crippen molar-refractivity contribution in [1.29, 1.82) is 0 Å². The van der Waals surface area contributed by atoms with Crippen LogP contribution in [0.25, 0.3) is 10.9 Å². The molecule has 1 aliphatic rings. The number of anilines is 1. The van der Waals surface area contributed by atoms with Gasteiger partial charge in [-0.25, -0.2) is 9.97 Å². The van der Waals surface area contributed by atoms with Crippen molar-refractivity contribution in [2.24, 2.45) is 0 Å². The van der Waals surface area contributed by atoms with Crippen LogP contribution in [-0.2, 0) is 6.54 Å². The molecule has 4 rings (SSSR count). The average Bonchev–Trinajstić information content (AvgIpc) is 3.34. The predicted molar refractivity (Wildman–Crippen MR) is 89.0 cm³/mol. The van der Waals surface area contributed by atoms with Gasteiger partial charge >= 0.3 is 0 Å². The largest absolute Gasteiger partial charge is 0.361 e. The Morgan fingerprint density at radius 3 is 2.91 bits per heavy atom. The molecule has 4 nitrogen and oxygen atoms in total. The van der Waals surface area contributed by atoms with E-state index in [0.29, 0.717) is 5.92 Å². The molecule has 4 heteroatoms. The van der Waals surface area contributed by atoms with Crippen LogP contribution in [0.4, 0.5) is 5.82 Å². The van der Waals surface area contributed by atoms with Gasteiger partial charge in [0.2, 0.25) is 0 Å². The fourth-order valence-corrected chi connectivity index (χ4v) is 2.90. The van der Waals surface area contributed by atoms with E-state index in [-0.39, 0.29) is 0 Å². The highest BCUT2D eigenvalue weighted by atomic mass is 15.2. The summed E-state index contributed by atoms with van der Waals surface area (Å²) < 4.78 is 0. The second kappa shape index (κ2) is 5.44. The Bertz CT molecular complexity index is 788. The summed E-state index contributed by atoms with van der Waals surface area (Å²) in [4.78, 5) is 14.9. The molecule has 0 saturated heterocycles. The van der Waals surface area contributed by atoms with E-state index in [1.54, 1.807) is 0 Å². The molecule has 0 spiro atoms. The van der Waals surface area contributed by atoms with Crippen molar-refractivity contribution in [1.82, 2.24) is 15.0 Å². The van der Waals surface area contributed by atoms with E-state index in [1.165, 1.54) is 29.3 Å². The number of nitrogens with one attached hydrogen (secondary N) is 1. The minimum atomic E-state index is 0.590. The summed E-state index contributed by atoms with van der Waals surface area (Å²) in [6.07, 6.45) is 6.47. The van der Waals surface area contributed by atoms with Crippen LogP contribution in [0.2, 0.25) is 0 Å². The van der Waals surface area contributed by atoms with Crippen LogP contribution < -0.4 is 4.90 Å². The van der Waals surface area contributed by atoms with Gasteiger partial charge in [-0.05, 0) is 37.5 Å². The van der Waals surface area contributed by atoms with Crippen molar-refractivity contribution < 1.29 is 0 Å². The van der Waals surface area contributed by atoms with Gasteiger partial charge in [-0.2, -0.15) is 0 Å². The molecule has 0 radical (unpaired) electrons. The third kappa shape index (κ3) is 2.45. The first kappa shape index (κ1) is 13.3. The first-order chi connectivity index (χ1) is 10.8. The first-order valence-corrected chi connectivity index (χ1v) is 7.98. The quantitative estimate of drug-likeness (QED) is 0.776. The van der Waals surface area contributed by atoms with Crippen LogP contribution in [0.15, 0.2) is 42.7 Å². The molecule has 22 heavy (non-hydrogen) atoms. The van der Waals surface area contributed by atoms with Crippen molar-refractivity contribution in [3.63, 3.8) is 0 Å². The van der Waals surface area contributed by atoms with Crippen LogP contribution in [0, 0.1) is 0 Å². The van der Waals surface area contributed by atoms with Gasteiger partial charge in [0.15, 0.2) is 0 Å². The van der Waals surface area contributed by atoms with Gasteiger partial charge in [-0.3, -0.25) is 0 Å². The van der Waals surface area contributed by atoms with E-state index in [1.807, 2.05) is 12.3 Å². The fraction of sp³-hybridized carbons (Fsp3) is 0.333. The summed E-state index contributed by atoms with van der Waals surface area (Å²) in [7, 11) is 0. The number of benzene rings is 1. The second-order valence-electron chi connectivity index (χ2n) is 5.92. The number of rotatable bonds is 5. The van der Waals surface area contributed by atoms with Gasteiger partial charge in [0.05, 0.1) is 0 Å². The van der Waals surface area contributed by atoms with Crippen LogP contribution in [-0.4, -0.2) is 21.5 Å². The van der Waals surface area contributed by atoms with Crippen molar-refractivity contribution in [2.45, 2.75) is 32.2 Å². The topological polar surface area (TPSA) is 44.8 Å². The Balaban J connectivity index is 1.63. The lowest BCUT2D eigenvalue weighted by atomic mass is 10.1. The van der Waals surface area contributed by atoms with Crippen molar-refractivity contribution in [2.75, 3.05) is 11.4 Å². The molecular formula is C18H20N4. The highest BCUT2D eigenvalue weighted by molar-refractivity contribution is 5.83. The molecule has 1 aromatic carbocycles. The summed E-state index contributed by atoms with van der Waals surface area (Å²) in [6, 6.07) is 10.5. The first-order valence-electron chi connectivity index (χ1n) is 7.98. The lowest BCUT2D eigenvalue weighted by Gasteiger charge is -2.22. The van der Waals surface area contributed by atoms with Crippen LogP contribution in [0.5, 0.6) is 0 Å². The number of fused-ring (bicyclic) bond motifs is 1. The monoisotopic (exact) mass is 292 g/mol. The summed E-state index contributed by atoms with van der Waals surface area (Å²) in [5, 5.41) is 1.29. The molecule has 0 unspecified atom stereocenters. The van der Waals surface area contributed by atoms with Crippen LogP contribution in [0.1, 0.15) is 37.1 Å². The Morgan fingerprint density at radius 1 is 1.23 bits per heavy atom. The maximum atomic E-state index is 4.77. The van der Waals surface area contributed by atoms with E-state index in [4.69, 9.17) is 4.98 Å². The number of nitrogens with zero attached hydrogens (tertiary/aromatic N) is 3. The molecule has 0 atom stereocenters. The van der Waals surface area contributed by atoms with Gasteiger partial charge in [0.25, 0.3) is 0 Å². The number of H-pyrrole nitrogens is 1.